The second-order valence-electron chi connectivity index (χ2n) is 6.26. The lowest BCUT2D eigenvalue weighted by molar-refractivity contribution is -0.118. The Balaban J connectivity index is 4.13. The molecule has 0 aliphatic heterocycles. The van der Waals surface area contributed by atoms with Crippen molar-refractivity contribution < 1.29 is 13.7 Å². The first-order chi connectivity index (χ1) is 8.54. The molecule has 112 valence electrons. The van der Waals surface area contributed by atoms with Crippen molar-refractivity contribution in [3.05, 3.63) is 0 Å². The van der Waals surface area contributed by atoms with Crippen LogP contribution in [0.5, 0.6) is 0 Å². The SMILES string of the molecule is C[Si](C)(CCCC(N)=O)O[Si](C)(C)CCCC(N)=O. The van der Waals surface area contributed by atoms with Gasteiger partial charge in [-0.05, 0) is 51.1 Å². The van der Waals surface area contributed by atoms with Crippen LogP contribution in [0, 0.1) is 0 Å². The first-order valence-corrected chi connectivity index (χ1v) is 13.0. The fourth-order valence-corrected chi connectivity index (χ4v) is 11.1. The lowest BCUT2D eigenvalue weighted by Crippen LogP contribution is -2.44. The molecule has 0 spiro atoms. The van der Waals surface area contributed by atoms with E-state index in [0.29, 0.717) is 12.8 Å². The molecule has 0 aromatic rings. The molecular formula is C12H28N2O3Si2. The number of hydrogen-bond acceptors (Lipinski definition) is 3. The number of primary amides is 2. The minimum Gasteiger partial charge on any atom is -0.455 e. The molecule has 0 rings (SSSR count). The lowest BCUT2D eigenvalue weighted by Gasteiger charge is -2.34. The van der Waals surface area contributed by atoms with Crippen LogP contribution < -0.4 is 11.5 Å². The normalized spacial score (nSPS) is 12.4. The Morgan fingerprint density at radius 3 is 1.42 bits per heavy atom. The summed E-state index contributed by atoms with van der Waals surface area (Å²) in [5.41, 5.74) is 10.3. The van der Waals surface area contributed by atoms with Crippen LogP contribution in [-0.2, 0) is 13.7 Å². The van der Waals surface area contributed by atoms with E-state index in [1.54, 1.807) is 0 Å². The standard InChI is InChI=1S/C12H28N2O3Si2/c1-18(2,9-5-7-11(13)15)17-19(3,4)10-6-8-12(14)16/h5-10H2,1-4H3,(H2,13,15)(H2,14,16). The molecule has 2 amide bonds. The number of nitrogens with two attached hydrogens (primary N) is 2. The average Bonchev–Trinajstić information content (AvgIpc) is 2.12. The predicted octanol–water partition coefficient (Wildman–Crippen LogP) is 1.94. The third kappa shape index (κ3) is 10.9. The number of amides is 2. The van der Waals surface area contributed by atoms with Gasteiger partial charge in [0, 0.05) is 12.8 Å². The number of carbonyl (C=O) groups is 2. The molecule has 0 aromatic carbocycles. The molecule has 0 saturated heterocycles. The van der Waals surface area contributed by atoms with Gasteiger partial charge in [0.1, 0.15) is 0 Å². The molecule has 0 heterocycles. The van der Waals surface area contributed by atoms with Gasteiger partial charge in [-0.1, -0.05) is 0 Å². The molecule has 7 heteroatoms. The third-order valence-corrected chi connectivity index (χ3v) is 10.5. The highest BCUT2D eigenvalue weighted by molar-refractivity contribution is 6.84. The van der Waals surface area contributed by atoms with Crippen molar-refractivity contribution in [2.45, 2.75) is 64.0 Å². The first-order valence-electron chi connectivity index (χ1n) is 6.81. The van der Waals surface area contributed by atoms with Crippen LogP contribution in [0.3, 0.4) is 0 Å². The predicted molar refractivity (Wildman–Crippen MR) is 82.5 cm³/mol. The van der Waals surface area contributed by atoms with E-state index in [9.17, 15) is 9.59 Å². The van der Waals surface area contributed by atoms with Crippen LogP contribution in [0.15, 0.2) is 0 Å². The summed E-state index contributed by atoms with van der Waals surface area (Å²) in [6, 6.07) is 1.89. The highest BCUT2D eigenvalue weighted by Gasteiger charge is 2.32. The third-order valence-electron chi connectivity index (χ3n) is 2.96. The Kier molecular flexibility index (Phi) is 7.54. The van der Waals surface area contributed by atoms with E-state index in [1.165, 1.54) is 0 Å². The zero-order chi connectivity index (χ0) is 15.1. The average molecular weight is 305 g/mol. The molecule has 0 aromatic heterocycles. The molecule has 0 aliphatic rings. The lowest BCUT2D eigenvalue weighted by atomic mass is 10.3. The topological polar surface area (TPSA) is 95.4 Å². The molecule has 0 atom stereocenters. The van der Waals surface area contributed by atoms with E-state index in [2.05, 4.69) is 26.2 Å². The zero-order valence-corrected chi connectivity index (χ0v) is 14.6. The quantitative estimate of drug-likeness (QED) is 0.604. The van der Waals surface area contributed by atoms with Crippen molar-refractivity contribution in [2.75, 3.05) is 0 Å². The van der Waals surface area contributed by atoms with E-state index >= 15 is 0 Å². The van der Waals surface area contributed by atoms with Gasteiger partial charge in [0.2, 0.25) is 11.8 Å². The van der Waals surface area contributed by atoms with E-state index in [1.807, 2.05) is 0 Å². The van der Waals surface area contributed by atoms with Crippen LogP contribution in [0.25, 0.3) is 0 Å². The molecule has 0 radical (unpaired) electrons. The second kappa shape index (κ2) is 7.81. The van der Waals surface area contributed by atoms with Crippen molar-refractivity contribution in [1.29, 1.82) is 0 Å². The summed E-state index contributed by atoms with van der Waals surface area (Å²) in [4.78, 5) is 21.5. The minimum absolute atomic E-state index is 0.247. The van der Waals surface area contributed by atoms with Gasteiger partial charge in [-0.25, -0.2) is 0 Å². The maximum atomic E-state index is 10.7. The van der Waals surface area contributed by atoms with Gasteiger partial charge < -0.3 is 15.6 Å². The Morgan fingerprint density at radius 1 is 0.842 bits per heavy atom. The highest BCUT2D eigenvalue weighted by atomic mass is 28.4. The molecule has 5 nitrogen and oxygen atoms in total. The van der Waals surface area contributed by atoms with E-state index < -0.39 is 16.6 Å². The Labute approximate surface area is 118 Å². The second-order valence-corrected chi connectivity index (χ2v) is 15.1. The van der Waals surface area contributed by atoms with Gasteiger partial charge >= 0.3 is 0 Å². The largest absolute Gasteiger partial charge is 0.455 e. The summed E-state index contributed by atoms with van der Waals surface area (Å²) in [6.45, 7) is 8.71. The van der Waals surface area contributed by atoms with Crippen LogP contribution in [0.1, 0.15) is 25.7 Å². The Morgan fingerprint density at radius 2 is 1.16 bits per heavy atom. The molecule has 0 saturated carbocycles. The fourth-order valence-electron chi connectivity index (χ4n) is 2.23. The van der Waals surface area contributed by atoms with Crippen molar-refractivity contribution in [3.8, 4) is 0 Å². The van der Waals surface area contributed by atoms with E-state index in [4.69, 9.17) is 15.6 Å². The van der Waals surface area contributed by atoms with Gasteiger partial charge in [-0.3, -0.25) is 9.59 Å². The Bertz CT molecular complexity index is 290. The molecule has 0 unspecified atom stereocenters. The zero-order valence-electron chi connectivity index (χ0n) is 12.6. The summed E-state index contributed by atoms with van der Waals surface area (Å²) in [5.74, 6) is -0.495. The molecule has 4 N–H and O–H groups in total. The maximum absolute atomic E-state index is 10.7. The van der Waals surface area contributed by atoms with Crippen molar-refractivity contribution in [2.24, 2.45) is 11.5 Å². The van der Waals surface area contributed by atoms with Gasteiger partial charge in [0.15, 0.2) is 16.6 Å². The van der Waals surface area contributed by atoms with Crippen molar-refractivity contribution >= 4 is 28.4 Å². The van der Waals surface area contributed by atoms with E-state index in [-0.39, 0.29) is 11.8 Å². The van der Waals surface area contributed by atoms with Crippen LogP contribution in [0.2, 0.25) is 38.3 Å². The van der Waals surface area contributed by atoms with Crippen molar-refractivity contribution in [3.63, 3.8) is 0 Å². The highest BCUT2D eigenvalue weighted by Crippen LogP contribution is 2.24. The summed E-state index contributed by atoms with van der Waals surface area (Å²) >= 11 is 0. The Hall–Kier alpha value is -0.666. The number of rotatable bonds is 10. The van der Waals surface area contributed by atoms with Crippen LogP contribution in [-0.4, -0.2) is 28.4 Å². The summed E-state index contributed by atoms with van der Waals surface area (Å²) in [5, 5.41) is 0. The molecule has 0 fully saturated rings. The summed E-state index contributed by atoms with van der Waals surface area (Å²) in [6.07, 6.45) is 2.48. The van der Waals surface area contributed by atoms with Gasteiger partial charge in [0.25, 0.3) is 0 Å². The maximum Gasteiger partial charge on any atom is 0.217 e. The first kappa shape index (κ1) is 18.3. The number of carbonyl (C=O) groups excluding carboxylic acids is 2. The summed E-state index contributed by atoms with van der Waals surface area (Å²) < 4.78 is 6.36. The van der Waals surface area contributed by atoms with E-state index in [0.717, 1.165) is 24.9 Å². The molecule has 19 heavy (non-hydrogen) atoms. The fraction of sp³-hybridized carbons (Fsp3) is 0.833. The van der Waals surface area contributed by atoms with Crippen LogP contribution in [0.4, 0.5) is 0 Å². The molecule has 0 aliphatic carbocycles. The monoisotopic (exact) mass is 304 g/mol. The van der Waals surface area contributed by atoms with Gasteiger partial charge in [-0.15, -0.1) is 0 Å². The molecule has 0 bridgehead atoms. The van der Waals surface area contributed by atoms with Crippen molar-refractivity contribution in [1.82, 2.24) is 0 Å². The smallest absolute Gasteiger partial charge is 0.217 e. The van der Waals surface area contributed by atoms with Gasteiger partial charge in [-0.2, -0.15) is 0 Å². The van der Waals surface area contributed by atoms with Gasteiger partial charge in [0.05, 0.1) is 0 Å². The number of hydrogen-bond donors (Lipinski definition) is 2. The minimum atomic E-state index is -1.74. The van der Waals surface area contributed by atoms with Crippen LogP contribution >= 0.6 is 0 Å². The molecular weight excluding hydrogens is 276 g/mol. The summed E-state index contributed by atoms with van der Waals surface area (Å²) in [7, 11) is -3.49.